The van der Waals surface area contributed by atoms with Crippen molar-refractivity contribution >= 4 is 14.8 Å². The molecular weight excluding hydrogens is 216 g/mol. The summed E-state index contributed by atoms with van der Waals surface area (Å²) < 4.78 is 5.62. The Morgan fingerprint density at radius 3 is 1.38 bits per heavy atom. The van der Waals surface area contributed by atoms with Crippen LogP contribution in [-0.2, 0) is 9.22 Å². The molecule has 0 aromatic rings. The third-order valence-corrected chi connectivity index (χ3v) is 7.92. The standard InChI is InChI=1S/C13H28O2Si/c1-11(2)7-16(15-10-14,8-12(3)4)9-13(5)6/h10-13H,7-9H2,1-6H3. The fourth-order valence-corrected chi connectivity index (χ4v) is 8.19. The molecule has 96 valence electrons. The fourth-order valence-electron chi connectivity index (χ4n) is 2.73. The summed E-state index contributed by atoms with van der Waals surface area (Å²) in [5.41, 5.74) is 0. The van der Waals surface area contributed by atoms with E-state index in [0.717, 1.165) is 18.1 Å². The molecule has 0 saturated carbocycles. The van der Waals surface area contributed by atoms with Gasteiger partial charge >= 0.3 is 0 Å². The lowest BCUT2D eigenvalue weighted by Crippen LogP contribution is -2.41. The van der Waals surface area contributed by atoms with E-state index in [9.17, 15) is 4.79 Å². The van der Waals surface area contributed by atoms with Crippen molar-refractivity contribution < 1.29 is 9.22 Å². The fraction of sp³-hybridized carbons (Fsp3) is 0.923. The van der Waals surface area contributed by atoms with Crippen molar-refractivity contribution in [3.05, 3.63) is 0 Å². The van der Waals surface area contributed by atoms with Crippen LogP contribution in [0.2, 0.25) is 18.1 Å². The Morgan fingerprint density at radius 1 is 0.875 bits per heavy atom. The zero-order valence-corrected chi connectivity index (χ0v) is 12.7. The van der Waals surface area contributed by atoms with Gasteiger partial charge in [-0.3, -0.25) is 4.79 Å². The molecule has 0 N–H and O–H groups in total. The molecule has 0 fully saturated rings. The largest absolute Gasteiger partial charge is 0.521 e. The maximum Gasteiger partial charge on any atom is 0.279 e. The summed E-state index contributed by atoms with van der Waals surface area (Å²) in [7, 11) is -1.85. The highest BCUT2D eigenvalue weighted by Gasteiger charge is 2.38. The maximum atomic E-state index is 10.8. The van der Waals surface area contributed by atoms with E-state index >= 15 is 0 Å². The Morgan fingerprint density at radius 2 is 1.19 bits per heavy atom. The summed E-state index contributed by atoms with van der Waals surface area (Å²) in [4.78, 5) is 10.8. The number of hydrogen-bond donors (Lipinski definition) is 0. The molecule has 0 amide bonds. The third-order valence-electron chi connectivity index (χ3n) is 2.64. The van der Waals surface area contributed by atoms with Crippen LogP contribution in [0.4, 0.5) is 0 Å². The van der Waals surface area contributed by atoms with Crippen LogP contribution in [0.1, 0.15) is 41.5 Å². The minimum atomic E-state index is -1.85. The highest BCUT2D eigenvalue weighted by molar-refractivity contribution is 6.75. The molecule has 0 atom stereocenters. The molecule has 0 aliphatic rings. The van der Waals surface area contributed by atoms with Gasteiger partial charge in [0.2, 0.25) is 0 Å². The van der Waals surface area contributed by atoms with E-state index in [0.29, 0.717) is 24.2 Å². The number of carbonyl (C=O) groups excluding carboxylic acids is 1. The van der Waals surface area contributed by atoms with Crippen LogP contribution in [0.25, 0.3) is 0 Å². The molecule has 0 heterocycles. The number of hydrogen-bond acceptors (Lipinski definition) is 2. The van der Waals surface area contributed by atoms with Gasteiger partial charge in [-0.2, -0.15) is 0 Å². The van der Waals surface area contributed by atoms with E-state index in [-0.39, 0.29) is 0 Å². The number of rotatable bonds is 8. The predicted octanol–water partition coefficient (Wildman–Crippen LogP) is 4.07. The topological polar surface area (TPSA) is 26.3 Å². The molecule has 16 heavy (non-hydrogen) atoms. The van der Waals surface area contributed by atoms with Crippen molar-refractivity contribution in [3.8, 4) is 0 Å². The van der Waals surface area contributed by atoms with E-state index in [1.807, 2.05) is 0 Å². The van der Waals surface area contributed by atoms with Gasteiger partial charge in [-0.1, -0.05) is 41.5 Å². The summed E-state index contributed by atoms with van der Waals surface area (Å²) in [5.74, 6) is 1.84. The van der Waals surface area contributed by atoms with Crippen molar-refractivity contribution in [2.75, 3.05) is 0 Å². The van der Waals surface area contributed by atoms with Crippen LogP contribution in [0, 0.1) is 17.8 Å². The first kappa shape index (κ1) is 15.7. The summed E-state index contributed by atoms with van der Waals surface area (Å²) in [6.45, 7) is 14.0. The van der Waals surface area contributed by atoms with Crippen LogP contribution in [-0.4, -0.2) is 14.8 Å². The minimum Gasteiger partial charge on any atom is -0.521 e. The van der Waals surface area contributed by atoms with Gasteiger partial charge in [-0.25, -0.2) is 0 Å². The lowest BCUT2D eigenvalue weighted by molar-refractivity contribution is -0.121. The summed E-state index contributed by atoms with van der Waals surface area (Å²) in [6, 6.07) is 3.30. The van der Waals surface area contributed by atoms with E-state index in [2.05, 4.69) is 41.5 Å². The van der Waals surface area contributed by atoms with Crippen LogP contribution in [0.5, 0.6) is 0 Å². The molecule has 0 bridgehead atoms. The predicted molar refractivity (Wildman–Crippen MR) is 71.8 cm³/mol. The van der Waals surface area contributed by atoms with Crippen molar-refractivity contribution in [2.24, 2.45) is 17.8 Å². The van der Waals surface area contributed by atoms with E-state index in [4.69, 9.17) is 4.43 Å². The molecule has 0 aliphatic heterocycles. The van der Waals surface area contributed by atoms with Crippen LogP contribution < -0.4 is 0 Å². The van der Waals surface area contributed by atoms with Crippen LogP contribution in [0.3, 0.4) is 0 Å². The highest BCUT2D eigenvalue weighted by atomic mass is 28.4. The van der Waals surface area contributed by atoms with Gasteiger partial charge in [-0.15, -0.1) is 0 Å². The molecular formula is C13H28O2Si. The number of carbonyl (C=O) groups is 1. The quantitative estimate of drug-likeness (QED) is 0.475. The second-order valence-electron chi connectivity index (χ2n) is 6.19. The smallest absolute Gasteiger partial charge is 0.279 e. The Labute approximate surface area is 102 Å². The van der Waals surface area contributed by atoms with Crippen LogP contribution in [0.15, 0.2) is 0 Å². The summed E-state index contributed by atoms with van der Waals surface area (Å²) in [5, 5.41) is 0. The highest BCUT2D eigenvalue weighted by Crippen LogP contribution is 2.32. The Bertz CT molecular complexity index is 174. The maximum absolute atomic E-state index is 10.8. The molecule has 0 unspecified atom stereocenters. The second-order valence-corrected chi connectivity index (χ2v) is 10.0. The molecule has 0 aromatic heterocycles. The lowest BCUT2D eigenvalue weighted by atomic mass is 10.2. The summed E-state index contributed by atoms with van der Waals surface area (Å²) >= 11 is 0. The summed E-state index contributed by atoms with van der Waals surface area (Å²) in [6.07, 6.45) is 0. The SMILES string of the molecule is CC(C)C[Si](CC(C)C)(CC(C)C)OC=O. The van der Waals surface area contributed by atoms with Gasteiger partial charge in [0, 0.05) is 0 Å². The molecule has 3 heteroatoms. The molecule has 0 saturated heterocycles. The average Bonchev–Trinajstić information content (AvgIpc) is 1.98. The second kappa shape index (κ2) is 7.10. The van der Waals surface area contributed by atoms with Gasteiger partial charge in [0.25, 0.3) is 14.8 Å². The van der Waals surface area contributed by atoms with Crippen molar-refractivity contribution in [3.63, 3.8) is 0 Å². The first-order valence-corrected chi connectivity index (χ1v) is 8.95. The van der Waals surface area contributed by atoms with Crippen molar-refractivity contribution in [1.82, 2.24) is 0 Å². The zero-order chi connectivity index (χ0) is 12.8. The van der Waals surface area contributed by atoms with E-state index < -0.39 is 8.32 Å². The molecule has 0 aromatic carbocycles. The molecule has 0 rings (SSSR count). The third kappa shape index (κ3) is 6.31. The first-order valence-electron chi connectivity index (χ1n) is 6.43. The Balaban J connectivity index is 4.79. The Hall–Kier alpha value is -0.313. The van der Waals surface area contributed by atoms with Crippen molar-refractivity contribution in [1.29, 1.82) is 0 Å². The Kier molecular flexibility index (Phi) is 6.96. The average molecular weight is 244 g/mol. The van der Waals surface area contributed by atoms with Gasteiger partial charge in [0.05, 0.1) is 0 Å². The zero-order valence-electron chi connectivity index (χ0n) is 11.7. The monoisotopic (exact) mass is 244 g/mol. The normalized spacial score (nSPS) is 12.6. The van der Waals surface area contributed by atoms with Gasteiger partial charge in [0.1, 0.15) is 0 Å². The molecule has 0 aliphatic carbocycles. The molecule has 0 radical (unpaired) electrons. The lowest BCUT2D eigenvalue weighted by Gasteiger charge is -2.33. The molecule has 0 spiro atoms. The van der Waals surface area contributed by atoms with Gasteiger partial charge < -0.3 is 4.43 Å². The minimum absolute atomic E-state index is 0.615. The van der Waals surface area contributed by atoms with Gasteiger partial charge in [0.15, 0.2) is 0 Å². The van der Waals surface area contributed by atoms with Gasteiger partial charge in [-0.05, 0) is 35.9 Å². The first-order chi connectivity index (χ1) is 7.31. The van der Waals surface area contributed by atoms with Crippen LogP contribution >= 0.6 is 0 Å². The molecule has 2 nitrogen and oxygen atoms in total. The van der Waals surface area contributed by atoms with E-state index in [1.54, 1.807) is 0 Å². The van der Waals surface area contributed by atoms with Crippen molar-refractivity contribution in [2.45, 2.75) is 59.7 Å². The van der Waals surface area contributed by atoms with E-state index in [1.165, 1.54) is 0 Å².